The molecule has 0 saturated heterocycles. The number of aryl methyl sites for hydroxylation is 1. The zero-order valence-corrected chi connectivity index (χ0v) is 21.9. The predicted molar refractivity (Wildman–Crippen MR) is 139 cm³/mol. The minimum atomic E-state index is -2.09. The Balaban J connectivity index is 0.000000179. The third-order valence-electron chi connectivity index (χ3n) is 6.18. The van der Waals surface area contributed by atoms with Gasteiger partial charge in [-0.2, -0.15) is 0 Å². The second kappa shape index (κ2) is 10.5. The quantitative estimate of drug-likeness (QED) is 0.186. The molecule has 0 bridgehead atoms. The Labute approximate surface area is 225 Å². The van der Waals surface area contributed by atoms with Crippen LogP contribution < -0.4 is 0 Å². The number of rotatable bonds is 2. The Bertz CT molecular complexity index is 1510. The summed E-state index contributed by atoms with van der Waals surface area (Å²) in [5, 5.41) is 0. The van der Waals surface area contributed by atoms with Crippen LogP contribution in [0.5, 0.6) is 0 Å². The molecule has 175 valence electrons. The standard InChI is InChI=1S/C20H16N.C12H10N.Ir/c1-20(2)17-11-4-3-8-14(17)15-9-7-10-16(19(15)20)18-12-5-6-13-21-18;1-10-7-8-12(13-9-10)11-5-3-2-4-6-11;/h3-9,11-13H,1-2H3;2-5,7-9H,1H3;/q2*-1;/i;1D3;. The van der Waals surface area contributed by atoms with Gasteiger partial charge >= 0.3 is 0 Å². The largest absolute Gasteiger partial charge is 0.305 e. The molecule has 35 heavy (non-hydrogen) atoms. The first-order chi connectivity index (χ1) is 17.8. The summed E-state index contributed by atoms with van der Waals surface area (Å²) in [7, 11) is 0. The fourth-order valence-corrected chi connectivity index (χ4v) is 4.59. The number of fused-ring (bicyclic) bond motifs is 3. The fourth-order valence-electron chi connectivity index (χ4n) is 4.59. The van der Waals surface area contributed by atoms with E-state index in [2.05, 4.69) is 72.3 Å². The van der Waals surface area contributed by atoms with Crippen molar-refractivity contribution in [2.75, 3.05) is 0 Å². The maximum Gasteiger partial charge on any atom is 0.0280 e. The van der Waals surface area contributed by atoms with Crippen LogP contribution in [-0.4, -0.2) is 9.97 Å². The van der Waals surface area contributed by atoms with Crippen molar-refractivity contribution in [1.82, 2.24) is 9.97 Å². The minimum absolute atomic E-state index is 0. The zero-order chi connectivity index (χ0) is 26.0. The molecule has 1 aliphatic carbocycles. The van der Waals surface area contributed by atoms with Crippen molar-refractivity contribution in [2.45, 2.75) is 26.1 Å². The zero-order valence-electron chi connectivity index (χ0n) is 22.5. The van der Waals surface area contributed by atoms with Gasteiger partial charge in [0, 0.05) is 36.6 Å². The second-order valence-electron chi connectivity index (χ2n) is 8.74. The van der Waals surface area contributed by atoms with E-state index in [-0.39, 0.29) is 31.1 Å². The monoisotopic (exact) mass is 634 g/mol. The number of hydrogen-bond donors (Lipinski definition) is 0. The van der Waals surface area contributed by atoms with Gasteiger partial charge in [0.1, 0.15) is 0 Å². The van der Waals surface area contributed by atoms with E-state index in [1.54, 1.807) is 18.2 Å². The van der Waals surface area contributed by atoms with Gasteiger partial charge in [0.2, 0.25) is 0 Å². The summed E-state index contributed by atoms with van der Waals surface area (Å²) in [5.74, 6) is 0. The van der Waals surface area contributed by atoms with Crippen LogP contribution >= 0.6 is 0 Å². The van der Waals surface area contributed by atoms with E-state index in [9.17, 15) is 0 Å². The second-order valence-corrected chi connectivity index (χ2v) is 8.74. The number of pyridine rings is 2. The first kappa shape index (κ1) is 20.9. The molecule has 5 aromatic rings. The van der Waals surface area contributed by atoms with Crippen molar-refractivity contribution < 1.29 is 24.2 Å². The first-order valence-electron chi connectivity index (χ1n) is 12.8. The van der Waals surface area contributed by atoms with E-state index in [4.69, 9.17) is 4.11 Å². The molecule has 0 amide bonds. The molecule has 3 aromatic carbocycles. The number of aromatic nitrogens is 2. The molecular formula is C32H26IrN2-2. The molecule has 0 atom stereocenters. The van der Waals surface area contributed by atoms with Crippen LogP contribution in [0, 0.1) is 19.0 Å². The van der Waals surface area contributed by atoms with E-state index < -0.39 is 6.85 Å². The Morgan fingerprint density at radius 1 is 0.743 bits per heavy atom. The summed E-state index contributed by atoms with van der Waals surface area (Å²) in [6, 6.07) is 36.1. The van der Waals surface area contributed by atoms with Crippen LogP contribution in [0.25, 0.3) is 33.6 Å². The Morgan fingerprint density at radius 3 is 2.29 bits per heavy atom. The SMILES string of the molecule is CC1(C)c2ccccc2-c2cc[c-]c(-c3ccccn3)c21.[2H]C([2H])([2H])c1ccc(-c2[c-]cccc2)nc1.[Ir]. The number of nitrogens with zero attached hydrogens (tertiary/aromatic N) is 2. The normalized spacial score (nSPS) is 14.1. The maximum absolute atomic E-state index is 7.23. The van der Waals surface area contributed by atoms with E-state index in [1.807, 2.05) is 42.6 Å². The number of benzene rings is 3. The molecule has 1 radical (unpaired) electrons. The van der Waals surface area contributed by atoms with Gasteiger partial charge in [-0.15, -0.1) is 65.2 Å². The third-order valence-corrected chi connectivity index (χ3v) is 6.18. The molecule has 1 aliphatic rings. The molecule has 0 saturated carbocycles. The van der Waals surface area contributed by atoms with Gasteiger partial charge in [0.25, 0.3) is 0 Å². The van der Waals surface area contributed by atoms with Crippen molar-refractivity contribution >= 4 is 0 Å². The van der Waals surface area contributed by atoms with Gasteiger partial charge in [0.15, 0.2) is 0 Å². The topological polar surface area (TPSA) is 25.8 Å². The average Bonchev–Trinajstić information content (AvgIpc) is 3.17. The van der Waals surface area contributed by atoms with Gasteiger partial charge in [0.05, 0.1) is 0 Å². The van der Waals surface area contributed by atoms with E-state index in [1.165, 1.54) is 28.5 Å². The summed E-state index contributed by atoms with van der Waals surface area (Å²) >= 11 is 0. The van der Waals surface area contributed by atoms with Crippen molar-refractivity contribution in [3.63, 3.8) is 0 Å². The van der Waals surface area contributed by atoms with Gasteiger partial charge in [-0.1, -0.05) is 67.9 Å². The van der Waals surface area contributed by atoms with Gasteiger partial charge < -0.3 is 9.97 Å². The Hall–Kier alpha value is -3.39. The molecule has 0 aliphatic heterocycles. The Morgan fingerprint density at radius 2 is 1.57 bits per heavy atom. The molecule has 0 N–H and O–H groups in total. The minimum Gasteiger partial charge on any atom is -0.305 e. The van der Waals surface area contributed by atoms with Crippen LogP contribution in [0.2, 0.25) is 0 Å². The summed E-state index contributed by atoms with van der Waals surface area (Å²) in [6.45, 7) is 2.49. The third kappa shape index (κ3) is 4.89. The summed E-state index contributed by atoms with van der Waals surface area (Å²) in [4.78, 5) is 8.65. The van der Waals surface area contributed by atoms with Crippen molar-refractivity contribution in [1.29, 1.82) is 0 Å². The fraction of sp³-hybridized carbons (Fsp3) is 0.125. The molecule has 6 rings (SSSR count). The van der Waals surface area contributed by atoms with Crippen LogP contribution in [-0.2, 0) is 25.5 Å². The Kier molecular flexibility index (Phi) is 6.27. The van der Waals surface area contributed by atoms with E-state index in [0.29, 0.717) is 0 Å². The maximum atomic E-state index is 7.23. The van der Waals surface area contributed by atoms with Crippen LogP contribution in [0.1, 0.15) is 34.7 Å². The molecule has 3 heteroatoms. The predicted octanol–water partition coefficient (Wildman–Crippen LogP) is 7.71. The molecular weight excluding hydrogens is 605 g/mol. The van der Waals surface area contributed by atoms with Crippen molar-refractivity contribution in [2.24, 2.45) is 0 Å². The van der Waals surface area contributed by atoms with Crippen LogP contribution in [0.3, 0.4) is 0 Å². The summed E-state index contributed by atoms with van der Waals surface area (Å²) in [5.41, 5.74) is 9.32. The van der Waals surface area contributed by atoms with Gasteiger partial charge in [-0.05, 0) is 46.4 Å². The van der Waals surface area contributed by atoms with Gasteiger partial charge in [-0.25, -0.2) is 0 Å². The molecule has 2 nitrogen and oxygen atoms in total. The smallest absolute Gasteiger partial charge is 0.0280 e. The van der Waals surface area contributed by atoms with Gasteiger partial charge in [-0.3, -0.25) is 0 Å². The molecule has 2 aromatic heterocycles. The van der Waals surface area contributed by atoms with Crippen LogP contribution in [0.4, 0.5) is 0 Å². The van der Waals surface area contributed by atoms with Crippen molar-refractivity contribution in [3.8, 4) is 33.6 Å². The molecule has 0 fully saturated rings. The first-order valence-corrected chi connectivity index (χ1v) is 11.3. The molecule has 2 heterocycles. The summed E-state index contributed by atoms with van der Waals surface area (Å²) in [6.07, 6.45) is 3.24. The van der Waals surface area contributed by atoms with E-state index >= 15 is 0 Å². The van der Waals surface area contributed by atoms with Crippen molar-refractivity contribution in [3.05, 3.63) is 132 Å². The molecule has 0 spiro atoms. The number of hydrogen-bond acceptors (Lipinski definition) is 2. The average molecular weight is 634 g/mol. The van der Waals surface area contributed by atoms with Crippen LogP contribution in [0.15, 0.2) is 103 Å². The molecule has 0 unspecified atom stereocenters. The van der Waals surface area contributed by atoms with E-state index in [0.717, 1.165) is 22.5 Å². The summed E-state index contributed by atoms with van der Waals surface area (Å²) < 4.78 is 21.7.